The smallest absolute Gasteiger partial charge is 0.253 e. The third kappa shape index (κ3) is 2.12. The van der Waals surface area contributed by atoms with Crippen molar-refractivity contribution < 1.29 is 14.3 Å². The van der Waals surface area contributed by atoms with Crippen LogP contribution in [0.5, 0.6) is 5.75 Å². The van der Waals surface area contributed by atoms with Crippen molar-refractivity contribution >= 4 is 23.5 Å². The van der Waals surface area contributed by atoms with Gasteiger partial charge < -0.3 is 20.5 Å². The fraction of sp³-hybridized carbons (Fsp3) is 0.353. The van der Waals surface area contributed by atoms with Gasteiger partial charge in [0.05, 0.1) is 12.3 Å². The molecule has 128 valence electrons. The summed E-state index contributed by atoms with van der Waals surface area (Å²) in [7, 11) is 0. The molecule has 1 aromatic heterocycles. The van der Waals surface area contributed by atoms with Gasteiger partial charge in [0.25, 0.3) is 5.91 Å². The van der Waals surface area contributed by atoms with Gasteiger partial charge in [0.2, 0.25) is 5.95 Å². The van der Waals surface area contributed by atoms with Gasteiger partial charge in [-0.15, -0.1) is 0 Å². The fourth-order valence-electron chi connectivity index (χ4n) is 3.49. The molecule has 0 bridgehead atoms. The topological polar surface area (TPSA) is 99.4 Å². The molecule has 1 aromatic carbocycles. The standard InChI is InChI=1S/C17H15ClN4O3/c18-9-5-10(12-1-4-20-15(19)21-12)13-11(6-9)16(7-24-13)8-25-17(2-3-17)14(23)22-16/h1,4-6H,2-3,7-8H2,(H,22,23)(H2,19,20,21). The van der Waals surface area contributed by atoms with E-state index in [4.69, 9.17) is 26.8 Å². The molecule has 2 fully saturated rings. The highest BCUT2D eigenvalue weighted by molar-refractivity contribution is 6.31. The minimum atomic E-state index is -0.724. The van der Waals surface area contributed by atoms with Crippen molar-refractivity contribution in [3.05, 3.63) is 35.0 Å². The van der Waals surface area contributed by atoms with Gasteiger partial charge in [-0.1, -0.05) is 11.6 Å². The minimum absolute atomic E-state index is 0.0805. The van der Waals surface area contributed by atoms with Crippen LogP contribution >= 0.6 is 11.6 Å². The minimum Gasteiger partial charge on any atom is -0.490 e. The highest BCUT2D eigenvalue weighted by Gasteiger charge is 2.60. The maximum atomic E-state index is 12.5. The fourth-order valence-corrected chi connectivity index (χ4v) is 3.71. The molecule has 7 nitrogen and oxygen atoms in total. The average Bonchev–Trinajstić information content (AvgIpc) is 3.30. The molecule has 25 heavy (non-hydrogen) atoms. The Balaban J connectivity index is 1.62. The van der Waals surface area contributed by atoms with Gasteiger partial charge in [0.15, 0.2) is 0 Å². The Morgan fingerprint density at radius 1 is 1.28 bits per heavy atom. The van der Waals surface area contributed by atoms with Crippen LogP contribution in [0, 0.1) is 0 Å². The number of hydrogen-bond acceptors (Lipinski definition) is 6. The summed E-state index contributed by atoms with van der Waals surface area (Å²) in [5, 5.41) is 3.64. The van der Waals surface area contributed by atoms with Crippen LogP contribution in [0.1, 0.15) is 18.4 Å². The van der Waals surface area contributed by atoms with Gasteiger partial charge in [-0.25, -0.2) is 9.97 Å². The van der Waals surface area contributed by atoms with Gasteiger partial charge >= 0.3 is 0 Å². The van der Waals surface area contributed by atoms with Crippen molar-refractivity contribution in [3.63, 3.8) is 0 Å². The zero-order valence-corrected chi connectivity index (χ0v) is 14.0. The Morgan fingerprint density at radius 2 is 2.12 bits per heavy atom. The molecule has 8 heteroatoms. The number of nitrogens with one attached hydrogen (secondary N) is 1. The Kier molecular flexibility index (Phi) is 2.88. The number of aromatic nitrogens is 2. The average molecular weight is 359 g/mol. The molecule has 1 saturated heterocycles. The van der Waals surface area contributed by atoms with Crippen molar-refractivity contribution in [3.8, 4) is 17.0 Å². The predicted molar refractivity (Wildman–Crippen MR) is 90.1 cm³/mol. The summed E-state index contributed by atoms with van der Waals surface area (Å²) in [6.45, 7) is 0.648. The Labute approximate surface area is 148 Å². The Bertz CT molecular complexity index is 915. The summed E-state index contributed by atoms with van der Waals surface area (Å²) in [6, 6.07) is 5.33. The molecule has 3 heterocycles. The van der Waals surface area contributed by atoms with Crippen molar-refractivity contribution in [2.45, 2.75) is 24.0 Å². The molecule has 3 aliphatic rings. The first-order chi connectivity index (χ1) is 12.0. The van der Waals surface area contributed by atoms with Crippen molar-refractivity contribution in [2.24, 2.45) is 0 Å². The maximum absolute atomic E-state index is 12.5. The molecule has 3 N–H and O–H groups in total. The van der Waals surface area contributed by atoms with Crippen LogP contribution in [0.25, 0.3) is 11.3 Å². The van der Waals surface area contributed by atoms with Crippen LogP contribution < -0.4 is 15.8 Å². The monoisotopic (exact) mass is 358 g/mol. The first-order valence-electron chi connectivity index (χ1n) is 8.04. The number of anilines is 1. The van der Waals surface area contributed by atoms with E-state index < -0.39 is 11.1 Å². The number of nitrogens with zero attached hydrogens (tertiary/aromatic N) is 2. The van der Waals surface area contributed by atoms with E-state index in [-0.39, 0.29) is 18.5 Å². The van der Waals surface area contributed by atoms with Gasteiger partial charge in [0.1, 0.15) is 23.5 Å². The van der Waals surface area contributed by atoms with Gasteiger partial charge in [0, 0.05) is 22.3 Å². The molecule has 2 spiro atoms. The lowest BCUT2D eigenvalue weighted by Gasteiger charge is -2.37. The van der Waals surface area contributed by atoms with E-state index in [9.17, 15) is 4.79 Å². The zero-order chi connectivity index (χ0) is 17.2. The van der Waals surface area contributed by atoms with Crippen LogP contribution in [-0.2, 0) is 15.1 Å². The number of hydrogen-bond donors (Lipinski definition) is 2. The van der Waals surface area contributed by atoms with Crippen molar-refractivity contribution in [2.75, 3.05) is 18.9 Å². The number of nitrogen functional groups attached to an aromatic ring is 1. The van der Waals surface area contributed by atoms with E-state index in [1.165, 1.54) is 0 Å². The molecule has 1 saturated carbocycles. The maximum Gasteiger partial charge on any atom is 0.253 e. The van der Waals surface area contributed by atoms with Gasteiger partial charge in [-0.3, -0.25) is 4.79 Å². The second kappa shape index (κ2) is 4.83. The lowest BCUT2D eigenvalue weighted by Crippen LogP contribution is -2.60. The van der Waals surface area contributed by atoms with Gasteiger partial charge in [-0.2, -0.15) is 0 Å². The first-order valence-corrected chi connectivity index (χ1v) is 8.42. The number of fused-ring (bicyclic) bond motifs is 2. The summed E-state index contributed by atoms with van der Waals surface area (Å²) in [6.07, 6.45) is 3.12. The number of morpholine rings is 1. The third-order valence-electron chi connectivity index (χ3n) is 5.05. The number of carbonyl (C=O) groups excluding carboxylic acids is 1. The summed E-state index contributed by atoms with van der Waals surface area (Å²) in [4.78, 5) is 20.6. The number of amides is 1. The second-order valence-corrected chi connectivity index (χ2v) is 7.17. The number of carbonyl (C=O) groups is 1. The Hall–Kier alpha value is -2.38. The molecule has 2 aliphatic heterocycles. The van der Waals surface area contributed by atoms with Crippen molar-refractivity contribution in [1.29, 1.82) is 0 Å². The van der Waals surface area contributed by atoms with E-state index in [0.717, 1.165) is 24.0 Å². The molecule has 5 rings (SSSR count). The number of benzene rings is 1. The lowest BCUT2D eigenvalue weighted by molar-refractivity contribution is -0.151. The van der Waals surface area contributed by atoms with E-state index in [1.54, 1.807) is 18.3 Å². The number of halogens is 1. The Morgan fingerprint density at radius 3 is 2.84 bits per heavy atom. The third-order valence-corrected chi connectivity index (χ3v) is 5.27. The van der Waals surface area contributed by atoms with E-state index >= 15 is 0 Å². The first kappa shape index (κ1) is 14.9. The highest BCUT2D eigenvalue weighted by atomic mass is 35.5. The number of ether oxygens (including phenoxy) is 2. The van der Waals surface area contributed by atoms with Gasteiger partial charge in [-0.05, 0) is 31.0 Å². The van der Waals surface area contributed by atoms with Crippen LogP contribution in [0.3, 0.4) is 0 Å². The SMILES string of the molecule is Nc1nccc(-c2cc(Cl)cc3c2OCC32COC3(CC3)C(=O)N2)n1. The molecule has 0 radical (unpaired) electrons. The molecule has 2 aromatic rings. The number of nitrogens with two attached hydrogens (primary N) is 1. The zero-order valence-electron chi connectivity index (χ0n) is 13.2. The summed E-state index contributed by atoms with van der Waals surface area (Å²) < 4.78 is 11.9. The van der Waals surface area contributed by atoms with E-state index in [0.29, 0.717) is 23.1 Å². The molecule has 1 unspecified atom stereocenters. The van der Waals surface area contributed by atoms with Crippen LogP contribution in [0.2, 0.25) is 5.02 Å². The molecule has 1 atom stereocenters. The van der Waals surface area contributed by atoms with E-state index in [1.807, 2.05) is 6.07 Å². The second-order valence-electron chi connectivity index (χ2n) is 6.74. The summed E-state index contributed by atoms with van der Waals surface area (Å²) in [5.74, 6) is 0.727. The van der Waals surface area contributed by atoms with Crippen molar-refractivity contribution in [1.82, 2.24) is 15.3 Å². The lowest BCUT2D eigenvalue weighted by atomic mass is 9.89. The van der Waals surface area contributed by atoms with Crippen LogP contribution in [0.4, 0.5) is 5.95 Å². The van der Waals surface area contributed by atoms with E-state index in [2.05, 4.69) is 15.3 Å². The molecular formula is C17H15ClN4O3. The summed E-state index contributed by atoms with van der Waals surface area (Å²) >= 11 is 6.34. The normalized spacial score (nSPS) is 25.6. The molecular weight excluding hydrogens is 344 g/mol. The molecule has 1 amide bonds. The predicted octanol–water partition coefficient (Wildman–Crippen LogP) is 1.65. The van der Waals surface area contributed by atoms with Crippen LogP contribution in [0.15, 0.2) is 24.4 Å². The van der Waals surface area contributed by atoms with Crippen LogP contribution in [-0.4, -0.2) is 34.7 Å². The highest BCUT2D eigenvalue weighted by Crippen LogP contribution is 2.50. The largest absolute Gasteiger partial charge is 0.490 e. The number of rotatable bonds is 1. The summed E-state index contributed by atoms with van der Waals surface area (Å²) in [5.41, 5.74) is 6.48. The molecule has 1 aliphatic carbocycles. The quantitative estimate of drug-likeness (QED) is 0.804.